The van der Waals surface area contributed by atoms with E-state index in [1.165, 1.54) is 0 Å². The second kappa shape index (κ2) is 9.22. The first-order valence-electron chi connectivity index (χ1n) is 11.3. The first-order valence-corrected chi connectivity index (χ1v) is 11.3. The second-order valence-corrected chi connectivity index (χ2v) is 9.42. The number of rotatable bonds is 5. The number of ether oxygens (including phenoxy) is 1. The summed E-state index contributed by atoms with van der Waals surface area (Å²) in [5, 5.41) is 14.0. The first kappa shape index (κ1) is 22.2. The number of carbonyl (C=O) groups is 1. The highest BCUT2D eigenvalue weighted by atomic mass is 16.6. The minimum absolute atomic E-state index is 0.188. The molecule has 4 rings (SSSR count). The summed E-state index contributed by atoms with van der Waals surface area (Å²) in [5.74, 6) is 2.74. The van der Waals surface area contributed by atoms with Crippen LogP contribution in [0.3, 0.4) is 0 Å². The Balaban J connectivity index is 1.25. The number of hydrogen-bond donors (Lipinski definition) is 3. The van der Waals surface area contributed by atoms with Gasteiger partial charge in [0, 0.05) is 38.1 Å². The fraction of sp³-hybridized carbons (Fsp3) is 0.636. The molecule has 0 saturated carbocycles. The smallest absolute Gasteiger partial charge is 0.410 e. The maximum absolute atomic E-state index is 12.6. The van der Waals surface area contributed by atoms with Crippen molar-refractivity contribution >= 4 is 12.1 Å². The van der Waals surface area contributed by atoms with Crippen molar-refractivity contribution in [1.29, 1.82) is 0 Å². The number of aliphatic imine (C=N–C) groups is 1. The molecule has 2 aromatic rings. The van der Waals surface area contributed by atoms with Gasteiger partial charge < -0.3 is 24.7 Å². The number of hydrogen-bond acceptors (Lipinski definition) is 6. The zero-order valence-corrected chi connectivity index (χ0v) is 19.2. The molecule has 2 atom stereocenters. The van der Waals surface area contributed by atoms with E-state index in [4.69, 9.17) is 9.15 Å². The van der Waals surface area contributed by atoms with Gasteiger partial charge in [-0.1, -0.05) is 0 Å². The van der Waals surface area contributed by atoms with Crippen LogP contribution in [0.15, 0.2) is 27.8 Å². The molecule has 2 bridgehead atoms. The Bertz CT molecular complexity index is 918. The Kier molecular flexibility index (Phi) is 6.38. The summed E-state index contributed by atoms with van der Waals surface area (Å²) < 4.78 is 11.0. The molecule has 2 aromatic heterocycles. The van der Waals surface area contributed by atoms with Gasteiger partial charge in [-0.05, 0) is 58.6 Å². The fourth-order valence-electron chi connectivity index (χ4n) is 4.52. The molecule has 0 radical (unpaired) electrons. The third-order valence-electron chi connectivity index (χ3n) is 5.83. The van der Waals surface area contributed by atoms with Crippen molar-refractivity contribution in [1.82, 2.24) is 30.7 Å². The predicted octanol–water partition coefficient (Wildman–Crippen LogP) is 2.70. The molecule has 0 aromatic carbocycles. The molecule has 2 saturated heterocycles. The summed E-state index contributed by atoms with van der Waals surface area (Å²) in [6.07, 6.45) is 5.93. The van der Waals surface area contributed by atoms with Crippen molar-refractivity contribution in [3.8, 4) is 11.6 Å². The van der Waals surface area contributed by atoms with Crippen molar-refractivity contribution < 1.29 is 13.9 Å². The van der Waals surface area contributed by atoms with E-state index in [1.54, 1.807) is 13.3 Å². The van der Waals surface area contributed by atoms with Crippen LogP contribution in [0.5, 0.6) is 0 Å². The van der Waals surface area contributed by atoms with Crippen LogP contribution in [0.25, 0.3) is 11.6 Å². The fourth-order valence-corrected chi connectivity index (χ4v) is 4.52. The van der Waals surface area contributed by atoms with E-state index in [0.717, 1.165) is 37.5 Å². The highest BCUT2D eigenvalue weighted by molar-refractivity contribution is 5.80. The average Bonchev–Trinajstić information content (AvgIpc) is 3.46. The van der Waals surface area contributed by atoms with Crippen LogP contribution >= 0.6 is 0 Å². The molecule has 0 aliphatic carbocycles. The van der Waals surface area contributed by atoms with Gasteiger partial charge in [0.2, 0.25) is 5.82 Å². The molecule has 32 heavy (non-hydrogen) atoms. The number of guanidine groups is 1. The Hall–Kier alpha value is -3.04. The molecule has 0 spiro atoms. The molecule has 2 fully saturated rings. The van der Waals surface area contributed by atoms with Gasteiger partial charge in [0.25, 0.3) is 0 Å². The van der Waals surface area contributed by atoms with E-state index in [-0.39, 0.29) is 24.2 Å². The van der Waals surface area contributed by atoms with Gasteiger partial charge in [0.1, 0.15) is 11.4 Å². The topological polar surface area (TPSA) is 121 Å². The van der Waals surface area contributed by atoms with E-state index in [0.29, 0.717) is 24.6 Å². The summed E-state index contributed by atoms with van der Waals surface area (Å²) in [7, 11) is 1.77. The molecule has 2 unspecified atom stereocenters. The summed E-state index contributed by atoms with van der Waals surface area (Å²) in [5.41, 5.74) is -0.472. The Labute approximate surface area is 188 Å². The standard InChI is InChI=1S/C22H33N7O3/c1-22(2,3)32-21(30)29-15-7-8-16(29)13-14(12-15)25-20(23-4)24-10-9-18-26-19(28-27-18)17-6-5-11-31-17/h5-6,11,14-16H,7-10,12-13H2,1-4H3,(H2,23,24,25)(H,26,27,28). The van der Waals surface area contributed by atoms with Crippen molar-refractivity contribution in [3.05, 3.63) is 24.2 Å². The highest BCUT2D eigenvalue weighted by Crippen LogP contribution is 2.36. The number of aromatic nitrogens is 3. The maximum Gasteiger partial charge on any atom is 0.410 e. The quantitative estimate of drug-likeness (QED) is 0.480. The maximum atomic E-state index is 12.6. The average molecular weight is 444 g/mol. The largest absolute Gasteiger partial charge is 0.461 e. The number of amides is 1. The SMILES string of the molecule is CN=C(NCCc1nc(-c2ccco2)n[nH]1)NC1CC2CCC(C1)N2C(=O)OC(C)(C)C. The molecule has 10 nitrogen and oxygen atoms in total. The van der Waals surface area contributed by atoms with E-state index < -0.39 is 5.60 Å². The third kappa shape index (κ3) is 5.23. The van der Waals surface area contributed by atoms with Gasteiger partial charge in [-0.15, -0.1) is 0 Å². The van der Waals surface area contributed by atoms with Crippen molar-refractivity contribution in [3.63, 3.8) is 0 Å². The molecule has 2 aliphatic heterocycles. The molecule has 4 heterocycles. The summed E-state index contributed by atoms with van der Waals surface area (Å²) in [6.45, 7) is 6.39. The molecule has 10 heteroatoms. The number of nitrogens with one attached hydrogen (secondary N) is 3. The number of fused-ring (bicyclic) bond motifs is 2. The van der Waals surface area contributed by atoms with Crippen LogP contribution in [-0.4, -0.2) is 69.5 Å². The number of aromatic amines is 1. The van der Waals surface area contributed by atoms with E-state index in [9.17, 15) is 4.79 Å². The van der Waals surface area contributed by atoms with Crippen LogP contribution in [0, 0.1) is 0 Å². The lowest BCUT2D eigenvalue weighted by molar-refractivity contribution is 0.00545. The van der Waals surface area contributed by atoms with Crippen molar-refractivity contribution in [2.75, 3.05) is 13.6 Å². The normalized spacial score (nSPS) is 23.3. The van der Waals surface area contributed by atoms with Crippen LogP contribution < -0.4 is 10.6 Å². The van der Waals surface area contributed by atoms with Gasteiger partial charge in [-0.2, -0.15) is 5.10 Å². The van der Waals surface area contributed by atoms with Crippen LogP contribution in [0.4, 0.5) is 4.79 Å². The number of H-pyrrole nitrogens is 1. The van der Waals surface area contributed by atoms with Crippen LogP contribution in [-0.2, 0) is 11.2 Å². The van der Waals surface area contributed by atoms with Gasteiger partial charge >= 0.3 is 6.09 Å². The van der Waals surface area contributed by atoms with E-state index >= 15 is 0 Å². The first-order chi connectivity index (χ1) is 15.3. The summed E-state index contributed by atoms with van der Waals surface area (Å²) >= 11 is 0. The zero-order valence-electron chi connectivity index (χ0n) is 19.2. The second-order valence-electron chi connectivity index (χ2n) is 9.42. The van der Waals surface area contributed by atoms with Gasteiger partial charge in [-0.3, -0.25) is 10.1 Å². The van der Waals surface area contributed by atoms with Crippen LogP contribution in [0.1, 0.15) is 52.3 Å². The number of furan rings is 1. The summed E-state index contributed by atoms with van der Waals surface area (Å²) in [4.78, 5) is 23.4. The van der Waals surface area contributed by atoms with Gasteiger partial charge in [0.15, 0.2) is 11.7 Å². The van der Waals surface area contributed by atoms with Crippen molar-refractivity contribution in [2.45, 2.75) is 76.6 Å². The number of nitrogens with zero attached hydrogens (tertiary/aromatic N) is 4. The summed E-state index contributed by atoms with van der Waals surface area (Å²) in [6, 6.07) is 4.35. The number of piperidine rings is 1. The Morgan fingerprint density at radius 1 is 1.34 bits per heavy atom. The minimum Gasteiger partial charge on any atom is -0.461 e. The molecule has 1 amide bonds. The molecular formula is C22H33N7O3. The monoisotopic (exact) mass is 443 g/mol. The molecular weight excluding hydrogens is 410 g/mol. The predicted molar refractivity (Wildman–Crippen MR) is 120 cm³/mol. The van der Waals surface area contributed by atoms with Crippen molar-refractivity contribution in [2.24, 2.45) is 4.99 Å². The molecule has 174 valence electrons. The lowest BCUT2D eigenvalue weighted by Crippen LogP contribution is -2.55. The third-order valence-corrected chi connectivity index (χ3v) is 5.83. The minimum atomic E-state index is -0.472. The van der Waals surface area contributed by atoms with E-state index in [1.807, 2.05) is 37.8 Å². The highest BCUT2D eigenvalue weighted by Gasteiger charge is 2.45. The zero-order chi connectivity index (χ0) is 22.7. The molecule has 3 N–H and O–H groups in total. The Morgan fingerprint density at radius 2 is 2.09 bits per heavy atom. The Morgan fingerprint density at radius 3 is 2.72 bits per heavy atom. The van der Waals surface area contributed by atoms with Crippen LogP contribution in [0.2, 0.25) is 0 Å². The molecule has 2 aliphatic rings. The van der Waals surface area contributed by atoms with Gasteiger partial charge in [0.05, 0.1) is 6.26 Å². The lowest BCUT2D eigenvalue weighted by atomic mass is 9.98. The number of carbonyl (C=O) groups excluding carboxylic acids is 1. The lowest BCUT2D eigenvalue weighted by Gasteiger charge is -2.40. The van der Waals surface area contributed by atoms with E-state index in [2.05, 4.69) is 30.8 Å². The van der Waals surface area contributed by atoms with Gasteiger partial charge in [-0.25, -0.2) is 9.78 Å².